The van der Waals surface area contributed by atoms with Crippen LogP contribution >= 0.6 is 11.8 Å². The Bertz CT molecular complexity index is 718. The van der Waals surface area contributed by atoms with E-state index in [1.54, 1.807) is 0 Å². The number of hydrogen-bond donors (Lipinski definition) is 3. The summed E-state index contributed by atoms with van der Waals surface area (Å²) in [4.78, 5) is 3.05. The van der Waals surface area contributed by atoms with Crippen molar-refractivity contribution in [3.05, 3.63) is 23.3 Å². The van der Waals surface area contributed by atoms with Gasteiger partial charge in [0.15, 0.2) is 0 Å². The molecule has 4 heteroatoms. The molecule has 0 aromatic heterocycles. The van der Waals surface area contributed by atoms with E-state index in [9.17, 15) is 10.2 Å². The molecule has 0 aliphatic heterocycles. The molecule has 25 heavy (non-hydrogen) atoms. The minimum atomic E-state index is -0.00429. The summed E-state index contributed by atoms with van der Waals surface area (Å²) in [6.45, 7) is 9.53. The third-order valence-corrected chi connectivity index (χ3v) is 8.66. The zero-order chi connectivity index (χ0) is 18.2. The zero-order valence-electron chi connectivity index (χ0n) is 15.7. The number of halogens is 1. The lowest BCUT2D eigenvalue weighted by atomic mass is 9.43. The van der Waals surface area contributed by atoms with Crippen molar-refractivity contribution in [1.82, 2.24) is 4.84 Å². The van der Waals surface area contributed by atoms with Gasteiger partial charge in [0, 0.05) is 23.1 Å². The highest BCUT2D eigenvalue weighted by Gasteiger charge is 2.63. The lowest BCUT2D eigenvalue weighted by molar-refractivity contribution is -0.109. The van der Waals surface area contributed by atoms with E-state index in [-0.39, 0.29) is 27.7 Å². The first-order valence-electron chi connectivity index (χ1n) is 9.56. The van der Waals surface area contributed by atoms with Crippen molar-refractivity contribution >= 4 is 11.8 Å². The molecule has 1 aromatic rings. The monoisotopic (exact) mass is 363 g/mol. The number of aromatic hydroxyl groups is 2. The highest BCUT2D eigenvalue weighted by molar-refractivity contribution is 6.13. The van der Waals surface area contributed by atoms with E-state index >= 15 is 0 Å². The van der Waals surface area contributed by atoms with Crippen LogP contribution in [0, 0.1) is 22.7 Å². The molecule has 4 rings (SSSR count). The van der Waals surface area contributed by atoms with Crippen molar-refractivity contribution in [2.24, 2.45) is 22.7 Å². The number of benzene rings is 1. The van der Waals surface area contributed by atoms with Crippen LogP contribution in [-0.2, 0) is 11.8 Å². The first kappa shape index (κ1) is 17.5. The maximum atomic E-state index is 10.6. The van der Waals surface area contributed by atoms with E-state index in [2.05, 4.69) is 32.5 Å². The van der Waals surface area contributed by atoms with Gasteiger partial charge < -0.3 is 10.2 Å². The van der Waals surface area contributed by atoms with Crippen LogP contribution in [-0.4, -0.2) is 16.3 Å². The third-order valence-electron chi connectivity index (χ3n) is 8.39. The molecule has 3 aliphatic rings. The van der Waals surface area contributed by atoms with Crippen molar-refractivity contribution in [2.75, 3.05) is 0 Å². The van der Waals surface area contributed by atoms with Gasteiger partial charge in [-0.05, 0) is 78.2 Å². The molecule has 0 saturated heterocycles. The molecule has 0 heterocycles. The molecular weight excluding hydrogens is 334 g/mol. The maximum absolute atomic E-state index is 10.6. The Kier molecular flexibility index (Phi) is 3.70. The second-order valence-electron chi connectivity index (χ2n) is 9.79. The standard InChI is InChI=1S/C21H30ClNO2/c1-19(2)15-5-7-21(4)16(20(15,3)8-6-17(19)23-22)10-12-9-13(24)11-14(25)18(12)21/h9,11,15-17,23-25H,5-8,10H2,1-4H3/t15-,16+,17-,20-,21+/m0/s1. The fourth-order valence-electron chi connectivity index (χ4n) is 7.22. The van der Waals surface area contributed by atoms with Gasteiger partial charge in [0.1, 0.15) is 11.5 Å². The summed E-state index contributed by atoms with van der Waals surface area (Å²) in [5.74, 6) is 1.55. The van der Waals surface area contributed by atoms with Crippen LogP contribution in [0.4, 0.5) is 0 Å². The Balaban J connectivity index is 1.80. The number of nitrogens with one attached hydrogen (secondary N) is 1. The second kappa shape index (κ2) is 5.29. The maximum Gasteiger partial charge on any atom is 0.123 e. The van der Waals surface area contributed by atoms with Crippen molar-refractivity contribution in [3.63, 3.8) is 0 Å². The summed E-state index contributed by atoms with van der Waals surface area (Å²) in [5, 5.41) is 20.5. The molecule has 0 bridgehead atoms. The Hall–Kier alpha value is -0.930. The molecule has 3 nitrogen and oxygen atoms in total. The van der Waals surface area contributed by atoms with E-state index in [0.717, 1.165) is 43.2 Å². The van der Waals surface area contributed by atoms with E-state index < -0.39 is 0 Å². The molecular formula is C21H30ClNO2. The van der Waals surface area contributed by atoms with Gasteiger partial charge in [-0.3, -0.25) is 0 Å². The number of phenols is 2. The highest BCUT2D eigenvalue weighted by atomic mass is 35.5. The van der Waals surface area contributed by atoms with Crippen molar-refractivity contribution in [1.29, 1.82) is 0 Å². The summed E-state index contributed by atoms with van der Waals surface area (Å²) in [5.41, 5.74) is 2.60. The van der Waals surface area contributed by atoms with Crippen molar-refractivity contribution in [3.8, 4) is 11.5 Å². The molecule has 0 radical (unpaired) electrons. The summed E-state index contributed by atoms with van der Waals surface area (Å²) < 4.78 is 0. The topological polar surface area (TPSA) is 52.5 Å². The fraction of sp³-hybridized carbons (Fsp3) is 0.714. The Morgan fingerprint density at radius 2 is 1.76 bits per heavy atom. The average molecular weight is 364 g/mol. The number of hydrogen-bond acceptors (Lipinski definition) is 3. The molecule has 0 spiro atoms. The molecule has 0 unspecified atom stereocenters. The Morgan fingerprint density at radius 3 is 2.44 bits per heavy atom. The SMILES string of the molecule is CC1(C)[C@@H](NCl)CC[C@]2(C)[C@H]3Cc4cc(O)cc(O)c4[C@]3(C)CC[C@@H]12. The number of phenolic OH excluding ortho intramolecular Hbond substituents is 2. The first-order chi connectivity index (χ1) is 11.6. The van der Waals surface area contributed by atoms with Crippen LogP contribution in [0.25, 0.3) is 0 Å². The lowest BCUT2D eigenvalue weighted by Crippen LogP contribution is -2.60. The third kappa shape index (κ3) is 2.15. The Labute approximate surface area is 155 Å². The zero-order valence-corrected chi connectivity index (χ0v) is 16.5. The van der Waals surface area contributed by atoms with E-state index in [0.29, 0.717) is 17.9 Å². The largest absolute Gasteiger partial charge is 0.508 e. The smallest absolute Gasteiger partial charge is 0.123 e. The van der Waals surface area contributed by atoms with Crippen LogP contribution in [0.1, 0.15) is 64.5 Å². The van der Waals surface area contributed by atoms with Gasteiger partial charge >= 0.3 is 0 Å². The molecule has 2 saturated carbocycles. The molecule has 2 fully saturated rings. The van der Waals surface area contributed by atoms with Crippen LogP contribution in [0.5, 0.6) is 11.5 Å². The summed E-state index contributed by atoms with van der Waals surface area (Å²) in [7, 11) is 0. The highest BCUT2D eigenvalue weighted by Crippen LogP contribution is 2.68. The van der Waals surface area contributed by atoms with E-state index in [1.807, 2.05) is 6.07 Å². The van der Waals surface area contributed by atoms with Gasteiger partial charge in [0.05, 0.1) is 0 Å². The second-order valence-corrected chi connectivity index (χ2v) is 10.0. The molecule has 138 valence electrons. The quantitative estimate of drug-likeness (QED) is 0.623. The molecule has 3 N–H and O–H groups in total. The molecule has 3 aliphatic carbocycles. The predicted molar refractivity (Wildman–Crippen MR) is 101 cm³/mol. The molecule has 1 aromatic carbocycles. The number of fused-ring (bicyclic) bond motifs is 5. The van der Waals surface area contributed by atoms with Gasteiger partial charge in [-0.1, -0.05) is 27.7 Å². The van der Waals surface area contributed by atoms with E-state index in [4.69, 9.17) is 11.8 Å². The van der Waals surface area contributed by atoms with Crippen LogP contribution in [0.15, 0.2) is 12.1 Å². The van der Waals surface area contributed by atoms with Crippen molar-refractivity contribution in [2.45, 2.75) is 71.3 Å². The summed E-state index contributed by atoms with van der Waals surface area (Å²) >= 11 is 6.08. The van der Waals surface area contributed by atoms with Crippen LogP contribution in [0.3, 0.4) is 0 Å². The Morgan fingerprint density at radius 1 is 1.04 bits per heavy atom. The van der Waals surface area contributed by atoms with Crippen molar-refractivity contribution < 1.29 is 10.2 Å². The van der Waals surface area contributed by atoms with Crippen LogP contribution < -0.4 is 4.84 Å². The summed E-state index contributed by atoms with van der Waals surface area (Å²) in [6, 6.07) is 3.73. The molecule has 5 atom stereocenters. The number of rotatable bonds is 1. The van der Waals surface area contributed by atoms with Gasteiger partial charge in [-0.25, -0.2) is 4.84 Å². The first-order valence-corrected chi connectivity index (χ1v) is 9.94. The van der Waals surface area contributed by atoms with Gasteiger partial charge in [0.2, 0.25) is 0 Å². The lowest BCUT2D eigenvalue weighted by Gasteiger charge is -2.63. The normalized spacial score (nSPS) is 41.7. The fourth-order valence-corrected chi connectivity index (χ4v) is 7.61. The average Bonchev–Trinajstić information content (AvgIpc) is 2.80. The van der Waals surface area contributed by atoms with Gasteiger partial charge in [-0.15, -0.1) is 0 Å². The molecule has 0 amide bonds. The summed E-state index contributed by atoms with van der Waals surface area (Å²) in [6.07, 6.45) is 5.44. The predicted octanol–water partition coefficient (Wildman–Crippen LogP) is 4.88. The van der Waals surface area contributed by atoms with Gasteiger partial charge in [0.25, 0.3) is 0 Å². The van der Waals surface area contributed by atoms with E-state index in [1.165, 1.54) is 6.07 Å². The minimum absolute atomic E-state index is 0.00429. The minimum Gasteiger partial charge on any atom is -0.508 e. The van der Waals surface area contributed by atoms with Gasteiger partial charge in [-0.2, -0.15) is 0 Å². The van der Waals surface area contributed by atoms with Crippen LogP contribution in [0.2, 0.25) is 0 Å².